The molecule has 0 saturated carbocycles. The zero-order valence-corrected chi connectivity index (χ0v) is 40.4. The van der Waals surface area contributed by atoms with Gasteiger partial charge in [0.1, 0.15) is 54.9 Å². The van der Waals surface area contributed by atoms with Crippen LogP contribution in [0.2, 0.25) is 0 Å². The summed E-state index contributed by atoms with van der Waals surface area (Å²) in [7, 11) is 0. The molecule has 2 aliphatic rings. The first-order valence-corrected chi connectivity index (χ1v) is 25.4. The zero-order valence-electron chi connectivity index (χ0n) is 40.4. The van der Waals surface area contributed by atoms with E-state index in [2.05, 4.69) is 74.6 Å². The lowest BCUT2D eigenvalue weighted by atomic mass is 9.98. The molecule has 0 aromatic rings. The van der Waals surface area contributed by atoms with E-state index in [1.54, 1.807) is 0 Å². The molecular weight excluding hydrogens is 849 g/mol. The van der Waals surface area contributed by atoms with E-state index in [0.29, 0.717) is 13.0 Å². The van der Waals surface area contributed by atoms with Crippen molar-refractivity contribution in [3.8, 4) is 0 Å². The summed E-state index contributed by atoms with van der Waals surface area (Å²) in [6.07, 6.45) is 29.9. The van der Waals surface area contributed by atoms with Gasteiger partial charge in [-0.3, -0.25) is 4.79 Å². The monoisotopic (exact) mass is 939 g/mol. The maximum atomic E-state index is 13.0. The Morgan fingerprint density at radius 1 is 0.515 bits per heavy atom. The molecular formula is C52H90O14. The summed E-state index contributed by atoms with van der Waals surface area (Å²) < 4.78 is 34.2. The van der Waals surface area contributed by atoms with E-state index in [1.807, 2.05) is 0 Å². The minimum atomic E-state index is -1.71. The number of hydrogen-bond donors (Lipinski definition) is 7. The fourth-order valence-electron chi connectivity index (χ4n) is 7.61. The van der Waals surface area contributed by atoms with Gasteiger partial charge in [0, 0.05) is 13.0 Å². The number of aliphatic hydroxyl groups is 7. The maximum absolute atomic E-state index is 13.0. The van der Waals surface area contributed by atoms with E-state index in [4.69, 9.17) is 28.4 Å². The van der Waals surface area contributed by atoms with Crippen LogP contribution in [-0.4, -0.2) is 142 Å². The normalized spacial score (nSPS) is 26.8. The Morgan fingerprint density at radius 3 is 1.55 bits per heavy atom. The number of allylic oxidation sites excluding steroid dienone is 10. The zero-order chi connectivity index (χ0) is 48.0. The summed E-state index contributed by atoms with van der Waals surface area (Å²) in [5, 5.41) is 72.1. The van der Waals surface area contributed by atoms with Crippen LogP contribution in [0.15, 0.2) is 60.8 Å². The Kier molecular flexibility index (Phi) is 35.8. The molecule has 0 radical (unpaired) electrons. The summed E-state index contributed by atoms with van der Waals surface area (Å²) in [5.74, 6) is -0.393. The van der Waals surface area contributed by atoms with Gasteiger partial charge in [-0.2, -0.15) is 0 Å². The summed E-state index contributed by atoms with van der Waals surface area (Å²) in [6, 6.07) is 0. The van der Waals surface area contributed by atoms with Crippen LogP contribution in [0.5, 0.6) is 0 Å². The molecule has 14 nitrogen and oxygen atoms in total. The van der Waals surface area contributed by atoms with Crippen LogP contribution < -0.4 is 0 Å². The first kappa shape index (κ1) is 59.8. The van der Waals surface area contributed by atoms with Crippen molar-refractivity contribution in [3.63, 3.8) is 0 Å². The van der Waals surface area contributed by atoms with Gasteiger partial charge in [-0.25, -0.2) is 0 Å². The van der Waals surface area contributed by atoms with Crippen LogP contribution in [0.4, 0.5) is 0 Å². The fourth-order valence-corrected chi connectivity index (χ4v) is 7.61. The van der Waals surface area contributed by atoms with Crippen molar-refractivity contribution in [2.75, 3.05) is 33.0 Å². The third-order valence-corrected chi connectivity index (χ3v) is 11.8. The Labute approximate surface area is 396 Å². The molecule has 66 heavy (non-hydrogen) atoms. The predicted octanol–water partition coefficient (Wildman–Crippen LogP) is 7.35. The van der Waals surface area contributed by atoms with E-state index in [0.717, 1.165) is 96.3 Å². The van der Waals surface area contributed by atoms with Crippen molar-refractivity contribution < 1.29 is 69.0 Å². The van der Waals surface area contributed by atoms with Crippen molar-refractivity contribution in [1.29, 1.82) is 0 Å². The number of carbonyl (C=O) groups is 1. The number of rotatable bonds is 39. The van der Waals surface area contributed by atoms with Crippen molar-refractivity contribution in [3.05, 3.63) is 60.8 Å². The highest BCUT2D eigenvalue weighted by atomic mass is 16.7. The molecule has 0 aliphatic carbocycles. The van der Waals surface area contributed by atoms with Crippen molar-refractivity contribution in [1.82, 2.24) is 0 Å². The molecule has 14 heteroatoms. The molecule has 0 amide bonds. The van der Waals surface area contributed by atoms with Gasteiger partial charge >= 0.3 is 5.97 Å². The molecule has 382 valence electrons. The van der Waals surface area contributed by atoms with Gasteiger partial charge in [0.05, 0.1) is 26.4 Å². The quantitative estimate of drug-likeness (QED) is 0.0183. The summed E-state index contributed by atoms with van der Waals surface area (Å²) >= 11 is 0. The fraction of sp³-hybridized carbons (Fsp3) is 0.788. The summed E-state index contributed by atoms with van der Waals surface area (Å²) in [4.78, 5) is 13.0. The van der Waals surface area contributed by atoms with Crippen LogP contribution in [0, 0.1) is 0 Å². The second kappa shape index (κ2) is 39.5. The Morgan fingerprint density at radius 2 is 0.985 bits per heavy atom. The number of ether oxygens (including phenoxy) is 6. The van der Waals surface area contributed by atoms with Crippen molar-refractivity contribution in [2.45, 2.75) is 229 Å². The minimum absolute atomic E-state index is 0.0477. The third-order valence-electron chi connectivity index (χ3n) is 11.8. The molecule has 0 spiro atoms. The Balaban J connectivity index is 1.78. The molecule has 0 bridgehead atoms. The van der Waals surface area contributed by atoms with Gasteiger partial charge in [0.15, 0.2) is 12.6 Å². The SMILES string of the molecule is CC/C=C\C/C=C\C/C=C\CCCCCCCCCC(=O)OC(COCCCCCCCC/C=C\C/C=C\CCCC)COC1OC(COC2OC(CO)C(O)C(O)C2O)C(O)C(O)C1O. The van der Waals surface area contributed by atoms with Crippen LogP contribution in [0.25, 0.3) is 0 Å². The first-order valence-electron chi connectivity index (χ1n) is 25.4. The Hall–Kier alpha value is -2.31. The largest absolute Gasteiger partial charge is 0.457 e. The van der Waals surface area contributed by atoms with Gasteiger partial charge in [-0.15, -0.1) is 0 Å². The number of unbranched alkanes of at least 4 members (excludes halogenated alkanes) is 15. The maximum Gasteiger partial charge on any atom is 0.306 e. The molecule has 11 unspecified atom stereocenters. The van der Waals surface area contributed by atoms with Crippen LogP contribution in [0.3, 0.4) is 0 Å². The highest BCUT2D eigenvalue weighted by Gasteiger charge is 2.47. The second-order valence-corrected chi connectivity index (χ2v) is 17.6. The lowest BCUT2D eigenvalue weighted by molar-refractivity contribution is -0.332. The molecule has 7 N–H and O–H groups in total. The van der Waals surface area contributed by atoms with Crippen LogP contribution in [-0.2, 0) is 33.2 Å². The van der Waals surface area contributed by atoms with E-state index >= 15 is 0 Å². The summed E-state index contributed by atoms with van der Waals surface area (Å²) in [6.45, 7) is 3.48. The minimum Gasteiger partial charge on any atom is -0.457 e. The predicted molar refractivity (Wildman–Crippen MR) is 256 cm³/mol. The molecule has 2 heterocycles. The van der Waals surface area contributed by atoms with E-state index in [1.165, 1.54) is 38.5 Å². The van der Waals surface area contributed by atoms with E-state index in [-0.39, 0.29) is 19.6 Å². The average molecular weight is 939 g/mol. The highest BCUT2D eigenvalue weighted by Crippen LogP contribution is 2.26. The van der Waals surface area contributed by atoms with Crippen LogP contribution >= 0.6 is 0 Å². The number of esters is 1. The van der Waals surface area contributed by atoms with Crippen LogP contribution in [0.1, 0.15) is 162 Å². The standard InChI is InChI=1S/C52H90O14/c1-3-5-7-9-11-13-15-17-19-20-21-23-25-27-29-31-33-35-44(54)64-41(38-61-36-34-32-30-28-26-24-22-18-16-14-12-10-8-6-4-2)39-62-51-50(60)48(58)46(56)43(66-51)40-63-52-49(59)47(57)45(55)42(37-53)65-52/h5,7,10-13,16-19,41-43,45-53,55-60H,3-4,6,8-9,14-15,20-40H2,1-2H3/b7-5-,12-10-,13-11-,18-16-,19-17-. The second-order valence-electron chi connectivity index (χ2n) is 17.6. The molecule has 2 fully saturated rings. The Bertz CT molecular complexity index is 1320. The summed E-state index contributed by atoms with van der Waals surface area (Å²) in [5.41, 5.74) is 0. The van der Waals surface area contributed by atoms with Crippen molar-refractivity contribution in [2.24, 2.45) is 0 Å². The average Bonchev–Trinajstić information content (AvgIpc) is 3.31. The first-order chi connectivity index (χ1) is 32.1. The van der Waals surface area contributed by atoms with Crippen molar-refractivity contribution >= 4 is 5.97 Å². The van der Waals surface area contributed by atoms with E-state index < -0.39 is 86.7 Å². The highest BCUT2D eigenvalue weighted by molar-refractivity contribution is 5.69. The third kappa shape index (κ3) is 27.0. The lowest BCUT2D eigenvalue weighted by Gasteiger charge is -2.42. The van der Waals surface area contributed by atoms with Gasteiger partial charge in [0.2, 0.25) is 0 Å². The lowest BCUT2D eigenvalue weighted by Crippen LogP contribution is -2.61. The molecule has 0 aromatic heterocycles. The number of aliphatic hydroxyl groups excluding tert-OH is 7. The smallest absolute Gasteiger partial charge is 0.306 e. The van der Waals surface area contributed by atoms with Gasteiger partial charge in [0.25, 0.3) is 0 Å². The molecule has 0 aromatic carbocycles. The van der Waals surface area contributed by atoms with Gasteiger partial charge < -0.3 is 64.2 Å². The number of hydrogen-bond acceptors (Lipinski definition) is 14. The van der Waals surface area contributed by atoms with E-state index in [9.17, 15) is 40.5 Å². The molecule has 2 saturated heterocycles. The molecule has 2 aliphatic heterocycles. The van der Waals surface area contributed by atoms with Gasteiger partial charge in [-0.05, 0) is 70.6 Å². The molecule has 2 rings (SSSR count). The molecule has 11 atom stereocenters. The number of carbonyl (C=O) groups excluding carboxylic acids is 1. The topological polar surface area (TPSA) is 214 Å². The van der Waals surface area contributed by atoms with Gasteiger partial charge in [-0.1, -0.05) is 145 Å².